The highest BCUT2D eigenvalue weighted by Crippen LogP contribution is 2.16. The lowest BCUT2D eigenvalue weighted by atomic mass is 10.0. The van der Waals surface area contributed by atoms with E-state index in [2.05, 4.69) is 39.1 Å². The smallest absolute Gasteiger partial charge is 0.240 e. The molecule has 1 aromatic rings. The first-order valence-corrected chi connectivity index (χ1v) is 11.7. The van der Waals surface area contributed by atoms with Crippen LogP contribution in [0, 0.1) is 0 Å². The Balaban J connectivity index is 0.00000450. The van der Waals surface area contributed by atoms with Crippen LogP contribution in [0.2, 0.25) is 5.02 Å². The molecule has 1 heterocycles. The van der Waals surface area contributed by atoms with E-state index in [9.17, 15) is 8.42 Å². The molecule has 0 unspecified atom stereocenters. The number of aliphatic imine (C=N–C) groups is 1. The Kier molecular flexibility index (Phi) is 11.9. The van der Waals surface area contributed by atoms with Crippen molar-refractivity contribution in [1.82, 2.24) is 20.3 Å². The number of rotatable bonds is 9. The van der Waals surface area contributed by atoms with Gasteiger partial charge in [0.2, 0.25) is 10.0 Å². The molecule has 0 aromatic heterocycles. The maximum atomic E-state index is 12.3. The minimum absolute atomic E-state index is 0. The van der Waals surface area contributed by atoms with Crippen LogP contribution in [-0.4, -0.2) is 77.3 Å². The summed E-state index contributed by atoms with van der Waals surface area (Å²) in [4.78, 5) is 7.21. The predicted molar refractivity (Wildman–Crippen MR) is 133 cm³/mol. The van der Waals surface area contributed by atoms with Crippen molar-refractivity contribution in [1.29, 1.82) is 0 Å². The topological polar surface area (TPSA) is 95.1 Å². The van der Waals surface area contributed by atoms with E-state index in [1.807, 2.05) is 6.92 Å². The van der Waals surface area contributed by atoms with E-state index in [1.54, 1.807) is 12.1 Å². The number of hydrogen-bond acceptors (Lipinski definition) is 5. The Labute approximate surface area is 202 Å². The van der Waals surface area contributed by atoms with Gasteiger partial charge in [-0.25, -0.2) is 13.1 Å². The van der Waals surface area contributed by atoms with Crippen molar-refractivity contribution in [3.63, 3.8) is 0 Å². The van der Waals surface area contributed by atoms with E-state index < -0.39 is 10.0 Å². The number of benzene rings is 1. The maximum absolute atomic E-state index is 12.3. The van der Waals surface area contributed by atoms with Gasteiger partial charge in [0.25, 0.3) is 0 Å². The third kappa shape index (κ3) is 8.83. The zero-order valence-corrected chi connectivity index (χ0v) is 21.7. The summed E-state index contributed by atoms with van der Waals surface area (Å²) in [5, 5.41) is 6.75. The molecule has 2 rings (SSSR count). The number of nitrogens with zero attached hydrogens (tertiary/aromatic N) is 2. The van der Waals surface area contributed by atoms with Crippen LogP contribution in [0.25, 0.3) is 0 Å². The quantitative estimate of drug-likeness (QED) is 0.181. The van der Waals surface area contributed by atoms with Crippen LogP contribution in [0.3, 0.4) is 0 Å². The molecule has 0 bridgehead atoms. The SMILES string of the molecule is CCNC(=NCC(C)(C)N1CCOCC1)NCCNS(=O)(=O)c1cccc(Cl)c1.I. The summed E-state index contributed by atoms with van der Waals surface area (Å²) in [5.74, 6) is 0.663. The van der Waals surface area contributed by atoms with E-state index in [0.717, 1.165) is 32.8 Å². The van der Waals surface area contributed by atoms with Gasteiger partial charge in [0.15, 0.2) is 5.96 Å². The molecule has 1 aliphatic rings. The summed E-state index contributed by atoms with van der Waals surface area (Å²) in [5.41, 5.74) is -0.0830. The van der Waals surface area contributed by atoms with E-state index in [1.165, 1.54) is 12.1 Å². The molecule has 1 aromatic carbocycles. The standard InChI is InChI=1S/C19H32ClN5O3S.HI/c1-4-21-18(23-15-19(2,3)25-10-12-28-13-11-25)22-8-9-24-29(26,27)17-7-5-6-16(20)14-17;/h5-7,14,24H,4,8-13,15H2,1-3H3,(H2,21,22,23);1H. The molecule has 0 radical (unpaired) electrons. The molecule has 3 N–H and O–H groups in total. The predicted octanol–water partition coefficient (Wildman–Crippen LogP) is 1.90. The van der Waals surface area contributed by atoms with Crippen LogP contribution in [0.4, 0.5) is 0 Å². The van der Waals surface area contributed by atoms with Crippen molar-refractivity contribution in [2.45, 2.75) is 31.2 Å². The summed E-state index contributed by atoms with van der Waals surface area (Å²) >= 11 is 5.88. The minimum atomic E-state index is -3.60. The van der Waals surface area contributed by atoms with Crippen LogP contribution in [0.1, 0.15) is 20.8 Å². The zero-order valence-electron chi connectivity index (χ0n) is 17.8. The Morgan fingerprint density at radius 3 is 2.57 bits per heavy atom. The highest BCUT2D eigenvalue weighted by Gasteiger charge is 2.28. The van der Waals surface area contributed by atoms with Gasteiger partial charge in [-0.3, -0.25) is 9.89 Å². The van der Waals surface area contributed by atoms with E-state index in [-0.39, 0.29) is 41.0 Å². The highest BCUT2D eigenvalue weighted by atomic mass is 127. The second-order valence-corrected chi connectivity index (χ2v) is 9.59. The average Bonchev–Trinajstić information content (AvgIpc) is 2.70. The number of nitrogens with one attached hydrogen (secondary N) is 3. The van der Waals surface area contributed by atoms with Gasteiger partial charge in [-0.2, -0.15) is 0 Å². The monoisotopic (exact) mass is 573 g/mol. The summed E-state index contributed by atoms with van der Waals surface area (Å²) in [6.45, 7) is 11.6. The fourth-order valence-corrected chi connectivity index (χ4v) is 4.30. The largest absolute Gasteiger partial charge is 0.379 e. The van der Waals surface area contributed by atoms with E-state index in [0.29, 0.717) is 24.1 Å². The number of halogens is 2. The molecule has 30 heavy (non-hydrogen) atoms. The Hall–Kier alpha value is -0.660. The van der Waals surface area contributed by atoms with Gasteiger partial charge in [-0.15, -0.1) is 24.0 Å². The van der Waals surface area contributed by atoms with E-state index >= 15 is 0 Å². The van der Waals surface area contributed by atoms with Crippen LogP contribution >= 0.6 is 35.6 Å². The van der Waals surface area contributed by atoms with Gasteiger partial charge >= 0.3 is 0 Å². The van der Waals surface area contributed by atoms with Gasteiger partial charge < -0.3 is 15.4 Å². The van der Waals surface area contributed by atoms with Crippen molar-refractivity contribution in [3.8, 4) is 0 Å². The molecule has 172 valence electrons. The minimum Gasteiger partial charge on any atom is -0.379 e. The number of ether oxygens (including phenoxy) is 1. The highest BCUT2D eigenvalue weighted by molar-refractivity contribution is 14.0. The van der Waals surface area contributed by atoms with Gasteiger partial charge in [0.1, 0.15) is 0 Å². The van der Waals surface area contributed by atoms with Crippen molar-refractivity contribution in [2.24, 2.45) is 4.99 Å². The van der Waals surface area contributed by atoms with Gasteiger partial charge in [0.05, 0.1) is 24.7 Å². The van der Waals surface area contributed by atoms with Crippen LogP contribution in [0.15, 0.2) is 34.2 Å². The fourth-order valence-electron chi connectivity index (χ4n) is 2.97. The lowest BCUT2D eigenvalue weighted by Crippen LogP contribution is -2.52. The molecule has 1 fully saturated rings. The molecule has 0 atom stereocenters. The molecule has 0 spiro atoms. The molecular formula is C19H33ClIN5O3S. The molecule has 0 amide bonds. The van der Waals surface area contributed by atoms with Crippen LogP contribution in [0.5, 0.6) is 0 Å². The molecule has 8 nitrogen and oxygen atoms in total. The third-order valence-electron chi connectivity index (χ3n) is 4.65. The first-order chi connectivity index (χ1) is 13.7. The molecule has 0 aliphatic carbocycles. The van der Waals surface area contributed by atoms with Crippen molar-refractivity contribution >= 4 is 51.6 Å². The normalized spacial score (nSPS) is 16.1. The summed E-state index contributed by atoms with van der Waals surface area (Å²) in [7, 11) is -3.60. The second-order valence-electron chi connectivity index (χ2n) is 7.39. The summed E-state index contributed by atoms with van der Waals surface area (Å²) < 4.78 is 32.7. The van der Waals surface area contributed by atoms with Crippen molar-refractivity contribution < 1.29 is 13.2 Å². The second kappa shape index (κ2) is 13.0. The molecular weight excluding hydrogens is 541 g/mol. The first-order valence-electron chi connectivity index (χ1n) is 9.85. The van der Waals surface area contributed by atoms with Gasteiger partial charge in [-0.1, -0.05) is 17.7 Å². The fraction of sp³-hybridized carbons (Fsp3) is 0.632. The van der Waals surface area contributed by atoms with Gasteiger partial charge in [-0.05, 0) is 39.0 Å². The molecule has 1 aliphatic heterocycles. The number of morpholine rings is 1. The maximum Gasteiger partial charge on any atom is 0.240 e. The Morgan fingerprint density at radius 2 is 1.93 bits per heavy atom. The summed E-state index contributed by atoms with van der Waals surface area (Å²) in [6.07, 6.45) is 0. The summed E-state index contributed by atoms with van der Waals surface area (Å²) in [6, 6.07) is 6.19. The Morgan fingerprint density at radius 1 is 1.23 bits per heavy atom. The third-order valence-corrected chi connectivity index (χ3v) is 6.35. The van der Waals surface area contributed by atoms with Crippen molar-refractivity contribution in [2.75, 3.05) is 52.5 Å². The van der Waals surface area contributed by atoms with Crippen molar-refractivity contribution in [3.05, 3.63) is 29.3 Å². The van der Waals surface area contributed by atoms with Crippen LogP contribution in [-0.2, 0) is 14.8 Å². The first kappa shape index (κ1) is 27.4. The number of hydrogen-bond donors (Lipinski definition) is 3. The van der Waals surface area contributed by atoms with Gasteiger partial charge in [0, 0.05) is 43.3 Å². The van der Waals surface area contributed by atoms with E-state index in [4.69, 9.17) is 16.3 Å². The van der Waals surface area contributed by atoms with Crippen LogP contribution < -0.4 is 15.4 Å². The molecule has 1 saturated heterocycles. The molecule has 11 heteroatoms. The zero-order chi connectivity index (χ0) is 21.3. The Bertz CT molecular complexity index is 786. The lowest BCUT2D eigenvalue weighted by molar-refractivity contribution is -0.00683. The number of sulfonamides is 1. The molecule has 0 saturated carbocycles. The lowest BCUT2D eigenvalue weighted by Gasteiger charge is -2.39. The number of guanidine groups is 1. The average molecular weight is 574 g/mol.